The van der Waals surface area contributed by atoms with Gasteiger partial charge in [-0.25, -0.2) is 0 Å². The van der Waals surface area contributed by atoms with Gasteiger partial charge in [-0.2, -0.15) is 11.8 Å². The van der Waals surface area contributed by atoms with Crippen LogP contribution in [0.5, 0.6) is 11.5 Å². The van der Waals surface area contributed by atoms with E-state index in [2.05, 4.69) is 37.3 Å². The van der Waals surface area contributed by atoms with E-state index in [4.69, 9.17) is 9.47 Å². The Hall–Kier alpha value is -0.870. The molecule has 1 aliphatic heterocycles. The first-order valence-corrected chi connectivity index (χ1v) is 8.18. The Morgan fingerprint density at radius 2 is 2.11 bits per heavy atom. The minimum Gasteiger partial charge on any atom is -0.454 e. The molecular weight excluding hydrogens is 258 g/mol. The number of likely N-dealkylation sites (N-methyl/N-ethyl adjacent to an activating group) is 1. The molecule has 1 heterocycles. The maximum Gasteiger partial charge on any atom is 0.231 e. The Labute approximate surface area is 120 Å². The molecule has 2 rings (SSSR count). The molecule has 0 radical (unpaired) electrons. The van der Waals surface area contributed by atoms with Crippen molar-refractivity contribution in [3.05, 3.63) is 23.8 Å². The number of thioether (sulfide) groups is 1. The molecule has 0 aliphatic carbocycles. The molecule has 0 aromatic heterocycles. The minimum atomic E-state index is 0.350. The van der Waals surface area contributed by atoms with Crippen LogP contribution in [-0.2, 0) is 6.42 Å². The molecule has 0 bridgehead atoms. The lowest BCUT2D eigenvalue weighted by molar-refractivity contribution is 0.174. The zero-order chi connectivity index (χ0) is 13.7. The number of rotatable bonds is 7. The first-order valence-electron chi connectivity index (χ1n) is 6.78. The molecule has 0 saturated carbocycles. The number of benzene rings is 1. The van der Waals surface area contributed by atoms with Crippen LogP contribution in [0.15, 0.2) is 18.2 Å². The summed E-state index contributed by atoms with van der Waals surface area (Å²) in [7, 11) is 2.21. The SMILES string of the molecule is CSCCCN(C)C(C)Cc1ccc2c(c1)OCO2. The molecule has 3 nitrogen and oxygen atoms in total. The lowest BCUT2D eigenvalue weighted by atomic mass is 10.1. The Kier molecular flexibility index (Phi) is 5.40. The van der Waals surface area contributed by atoms with Crippen molar-refractivity contribution in [2.45, 2.75) is 25.8 Å². The summed E-state index contributed by atoms with van der Waals surface area (Å²) in [5.41, 5.74) is 1.31. The van der Waals surface area contributed by atoms with Crippen molar-refractivity contribution in [2.75, 3.05) is 32.4 Å². The molecule has 1 unspecified atom stereocenters. The molecule has 0 saturated heterocycles. The fraction of sp³-hybridized carbons (Fsp3) is 0.600. The number of hydrogen-bond donors (Lipinski definition) is 0. The normalized spacial score (nSPS) is 14.9. The maximum absolute atomic E-state index is 5.42. The van der Waals surface area contributed by atoms with Crippen LogP contribution in [0.4, 0.5) is 0 Å². The first-order chi connectivity index (χ1) is 9.20. The van der Waals surface area contributed by atoms with Crippen molar-refractivity contribution in [1.82, 2.24) is 4.90 Å². The summed E-state index contributed by atoms with van der Waals surface area (Å²) in [4.78, 5) is 2.43. The van der Waals surface area contributed by atoms with Gasteiger partial charge in [-0.3, -0.25) is 0 Å². The average molecular weight is 281 g/mol. The van der Waals surface area contributed by atoms with Gasteiger partial charge in [0.2, 0.25) is 6.79 Å². The van der Waals surface area contributed by atoms with E-state index in [1.807, 2.05) is 17.8 Å². The highest BCUT2D eigenvalue weighted by Crippen LogP contribution is 2.32. The molecule has 0 fully saturated rings. The van der Waals surface area contributed by atoms with Crippen LogP contribution in [0.1, 0.15) is 18.9 Å². The predicted octanol–water partition coefficient (Wildman–Crippen LogP) is 3.03. The van der Waals surface area contributed by atoms with Gasteiger partial charge in [0.15, 0.2) is 11.5 Å². The zero-order valence-electron chi connectivity index (χ0n) is 12.0. The summed E-state index contributed by atoms with van der Waals surface area (Å²) in [5.74, 6) is 2.99. The van der Waals surface area contributed by atoms with Crippen molar-refractivity contribution in [3.8, 4) is 11.5 Å². The van der Waals surface area contributed by atoms with Gasteiger partial charge in [-0.1, -0.05) is 6.07 Å². The standard InChI is InChI=1S/C15H23NO2S/c1-12(16(2)7-4-8-19-3)9-13-5-6-14-15(10-13)18-11-17-14/h5-6,10,12H,4,7-9,11H2,1-3H3. The van der Waals surface area contributed by atoms with Gasteiger partial charge in [-0.15, -0.1) is 0 Å². The van der Waals surface area contributed by atoms with Crippen LogP contribution in [0.25, 0.3) is 0 Å². The first kappa shape index (κ1) is 14.5. The monoisotopic (exact) mass is 281 g/mol. The molecule has 1 aromatic rings. The Morgan fingerprint density at radius 1 is 1.32 bits per heavy atom. The van der Waals surface area contributed by atoms with Gasteiger partial charge in [0.1, 0.15) is 0 Å². The van der Waals surface area contributed by atoms with Gasteiger partial charge < -0.3 is 14.4 Å². The third-order valence-electron chi connectivity index (χ3n) is 3.58. The molecule has 0 spiro atoms. The lowest BCUT2D eigenvalue weighted by Gasteiger charge is -2.24. The van der Waals surface area contributed by atoms with Crippen molar-refractivity contribution >= 4 is 11.8 Å². The molecule has 0 amide bonds. The number of nitrogens with zero attached hydrogens (tertiary/aromatic N) is 1. The van der Waals surface area contributed by atoms with E-state index in [-0.39, 0.29) is 0 Å². The molecule has 1 aromatic carbocycles. The number of ether oxygens (including phenoxy) is 2. The highest BCUT2D eigenvalue weighted by atomic mass is 32.2. The summed E-state index contributed by atoms with van der Waals surface area (Å²) < 4.78 is 10.8. The van der Waals surface area contributed by atoms with Crippen LogP contribution < -0.4 is 9.47 Å². The Morgan fingerprint density at radius 3 is 2.89 bits per heavy atom. The summed E-state index contributed by atoms with van der Waals surface area (Å²) >= 11 is 1.92. The largest absolute Gasteiger partial charge is 0.454 e. The number of fused-ring (bicyclic) bond motifs is 1. The topological polar surface area (TPSA) is 21.7 Å². The quantitative estimate of drug-likeness (QED) is 0.716. The Bertz CT molecular complexity index is 411. The van der Waals surface area contributed by atoms with Gasteiger partial charge in [0.25, 0.3) is 0 Å². The molecular formula is C15H23NO2S. The third kappa shape index (κ3) is 4.05. The van der Waals surface area contributed by atoms with Crippen LogP contribution >= 0.6 is 11.8 Å². The summed E-state index contributed by atoms with van der Waals surface area (Å²) in [5, 5.41) is 0. The summed E-state index contributed by atoms with van der Waals surface area (Å²) in [6.07, 6.45) is 4.46. The van der Waals surface area contributed by atoms with Crippen LogP contribution in [0.3, 0.4) is 0 Å². The van der Waals surface area contributed by atoms with Crippen LogP contribution in [-0.4, -0.2) is 43.3 Å². The molecule has 4 heteroatoms. The van der Waals surface area contributed by atoms with E-state index in [0.29, 0.717) is 12.8 Å². The van der Waals surface area contributed by atoms with Crippen LogP contribution in [0, 0.1) is 0 Å². The van der Waals surface area contributed by atoms with E-state index < -0.39 is 0 Å². The third-order valence-corrected chi connectivity index (χ3v) is 4.28. The molecule has 19 heavy (non-hydrogen) atoms. The smallest absolute Gasteiger partial charge is 0.231 e. The van der Waals surface area contributed by atoms with Gasteiger partial charge in [0, 0.05) is 6.04 Å². The fourth-order valence-electron chi connectivity index (χ4n) is 2.24. The number of hydrogen-bond acceptors (Lipinski definition) is 4. The van der Waals surface area contributed by atoms with Crippen molar-refractivity contribution < 1.29 is 9.47 Å². The molecule has 106 valence electrons. The zero-order valence-corrected chi connectivity index (χ0v) is 12.8. The van der Waals surface area contributed by atoms with E-state index in [0.717, 1.165) is 24.5 Å². The summed E-state index contributed by atoms with van der Waals surface area (Å²) in [6.45, 7) is 3.79. The molecule has 0 N–H and O–H groups in total. The molecule has 1 aliphatic rings. The van der Waals surface area contributed by atoms with Crippen molar-refractivity contribution in [3.63, 3.8) is 0 Å². The van der Waals surface area contributed by atoms with Gasteiger partial charge in [-0.05, 0) is 63.1 Å². The van der Waals surface area contributed by atoms with Crippen LogP contribution in [0.2, 0.25) is 0 Å². The van der Waals surface area contributed by atoms with Crippen molar-refractivity contribution in [1.29, 1.82) is 0 Å². The van der Waals surface area contributed by atoms with E-state index in [1.165, 1.54) is 17.7 Å². The van der Waals surface area contributed by atoms with Gasteiger partial charge >= 0.3 is 0 Å². The van der Waals surface area contributed by atoms with E-state index in [9.17, 15) is 0 Å². The maximum atomic E-state index is 5.42. The summed E-state index contributed by atoms with van der Waals surface area (Å²) in [6, 6.07) is 6.80. The second-order valence-corrected chi connectivity index (χ2v) is 6.05. The Balaban J connectivity index is 1.86. The van der Waals surface area contributed by atoms with Gasteiger partial charge in [0.05, 0.1) is 0 Å². The van der Waals surface area contributed by atoms with Crippen molar-refractivity contribution in [2.24, 2.45) is 0 Å². The predicted molar refractivity (Wildman–Crippen MR) is 81.4 cm³/mol. The lowest BCUT2D eigenvalue weighted by Crippen LogP contribution is -2.32. The molecule has 1 atom stereocenters. The fourth-order valence-corrected chi connectivity index (χ4v) is 2.66. The second-order valence-electron chi connectivity index (χ2n) is 5.07. The minimum absolute atomic E-state index is 0.350. The van der Waals surface area contributed by atoms with E-state index in [1.54, 1.807) is 0 Å². The van der Waals surface area contributed by atoms with E-state index >= 15 is 0 Å². The average Bonchev–Trinajstić information content (AvgIpc) is 2.86. The second kappa shape index (κ2) is 7.06. The highest BCUT2D eigenvalue weighted by Gasteiger charge is 2.15. The highest BCUT2D eigenvalue weighted by molar-refractivity contribution is 7.98.